The number of carbonyl (C=O) groups is 1. The molecule has 1 aromatic heterocycles. The predicted octanol–water partition coefficient (Wildman–Crippen LogP) is 1.53. The minimum Gasteiger partial charge on any atom is -0.465 e. The number of nitro groups is 1. The molecule has 0 aliphatic heterocycles. The Bertz CT molecular complexity index is 577. The SMILES string of the molecule is CCOC(=O)CC#Cc1cc([N+](=O)[O-])c(N)nc1Cl. The van der Waals surface area contributed by atoms with E-state index in [2.05, 4.69) is 21.6 Å². The summed E-state index contributed by atoms with van der Waals surface area (Å²) in [6, 6.07) is 1.11. The average Bonchev–Trinajstić information content (AvgIpc) is 2.31. The fourth-order valence-electron chi connectivity index (χ4n) is 1.15. The van der Waals surface area contributed by atoms with E-state index < -0.39 is 10.9 Å². The quantitative estimate of drug-likeness (QED) is 0.296. The summed E-state index contributed by atoms with van der Waals surface area (Å²) in [5.74, 6) is 4.25. The predicted molar refractivity (Wildman–Crippen MR) is 68.4 cm³/mol. The molecular weight excluding hydrogens is 274 g/mol. The van der Waals surface area contributed by atoms with Crippen LogP contribution >= 0.6 is 11.6 Å². The normalized spacial score (nSPS) is 9.37. The number of esters is 1. The standard InChI is InChI=1S/C11H10ClN3O4/c1-2-19-9(16)5-3-4-7-6-8(15(17)18)11(13)14-10(7)12/h6H,2,5H2,1H3,(H2,13,14). The van der Waals surface area contributed by atoms with E-state index in [1.807, 2.05) is 0 Å². The largest absolute Gasteiger partial charge is 0.465 e. The van der Waals surface area contributed by atoms with Crippen molar-refractivity contribution >= 4 is 29.1 Å². The molecule has 2 N–H and O–H groups in total. The van der Waals surface area contributed by atoms with Gasteiger partial charge in [0.05, 0.1) is 17.1 Å². The lowest BCUT2D eigenvalue weighted by molar-refractivity contribution is -0.384. The average molecular weight is 284 g/mol. The van der Waals surface area contributed by atoms with Gasteiger partial charge in [0.1, 0.15) is 11.6 Å². The van der Waals surface area contributed by atoms with E-state index in [-0.39, 0.29) is 35.2 Å². The second kappa shape index (κ2) is 6.56. The zero-order valence-electron chi connectivity index (χ0n) is 9.97. The number of nitrogens with zero attached hydrogens (tertiary/aromatic N) is 2. The molecule has 0 aliphatic carbocycles. The van der Waals surface area contributed by atoms with Crippen LogP contribution < -0.4 is 5.73 Å². The Balaban J connectivity index is 2.96. The first-order valence-corrected chi connectivity index (χ1v) is 5.58. The van der Waals surface area contributed by atoms with Gasteiger partial charge in [0.25, 0.3) is 0 Å². The van der Waals surface area contributed by atoms with Crippen LogP contribution in [0.5, 0.6) is 0 Å². The monoisotopic (exact) mass is 283 g/mol. The third-order valence-electron chi connectivity index (χ3n) is 1.94. The van der Waals surface area contributed by atoms with Crippen LogP contribution in [0, 0.1) is 22.0 Å². The molecule has 0 spiro atoms. The summed E-state index contributed by atoms with van der Waals surface area (Å²) in [5.41, 5.74) is 5.10. The summed E-state index contributed by atoms with van der Waals surface area (Å²) >= 11 is 5.75. The maximum Gasteiger partial charge on any atom is 0.317 e. The van der Waals surface area contributed by atoms with Crippen LogP contribution in [0.15, 0.2) is 6.07 Å². The molecule has 8 heteroatoms. The van der Waals surface area contributed by atoms with Crippen molar-refractivity contribution in [2.45, 2.75) is 13.3 Å². The summed E-state index contributed by atoms with van der Waals surface area (Å²) in [7, 11) is 0. The van der Waals surface area contributed by atoms with Gasteiger partial charge in [-0.15, -0.1) is 0 Å². The minimum atomic E-state index is -0.685. The van der Waals surface area contributed by atoms with Crippen molar-refractivity contribution in [3.63, 3.8) is 0 Å². The van der Waals surface area contributed by atoms with E-state index in [9.17, 15) is 14.9 Å². The number of hydrogen-bond acceptors (Lipinski definition) is 6. The molecule has 0 fully saturated rings. The van der Waals surface area contributed by atoms with Gasteiger partial charge in [-0.05, 0) is 6.92 Å². The highest BCUT2D eigenvalue weighted by Crippen LogP contribution is 2.24. The minimum absolute atomic E-state index is 0.0561. The number of anilines is 1. The van der Waals surface area contributed by atoms with Gasteiger partial charge in [0, 0.05) is 6.07 Å². The molecule has 0 amide bonds. The van der Waals surface area contributed by atoms with Crippen molar-refractivity contribution in [3.05, 3.63) is 26.9 Å². The molecule has 1 rings (SSSR count). The second-order valence-electron chi connectivity index (χ2n) is 3.27. The Morgan fingerprint density at radius 3 is 2.95 bits per heavy atom. The number of nitrogen functional groups attached to an aromatic ring is 1. The molecule has 0 saturated carbocycles. The van der Waals surface area contributed by atoms with E-state index in [4.69, 9.17) is 17.3 Å². The molecule has 0 saturated heterocycles. The summed E-state index contributed by atoms with van der Waals surface area (Å²) < 4.78 is 4.67. The summed E-state index contributed by atoms with van der Waals surface area (Å²) in [4.78, 5) is 24.6. The number of halogens is 1. The highest BCUT2D eigenvalue weighted by atomic mass is 35.5. The number of pyridine rings is 1. The van der Waals surface area contributed by atoms with Crippen molar-refractivity contribution < 1.29 is 14.5 Å². The lowest BCUT2D eigenvalue weighted by atomic mass is 10.2. The Labute approximate surface area is 113 Å². The zero-order chi connectivity index (χ0) is 14.4. The van der Waals surface area contributed by atoms with Crippen LogP contribution in [-0.4, -0.2) is 22.5 Å². The Morgan fingerprint density at radius 2 is 2.37 bits per heavy atom. The summed E-state index contributed by atoms with van der Waals surface area (Å²) in [5, 5.41) is 10.6. The summed E-state index contributed by atoms with van der Waals surface area (Å²) in [6.07, 6.45) is -0.137. The van der Waals surface area contributed by atoms with Gasteiger partial charge >= 0.3 is 11.7 Å². The van der Waals surface area contributed by atoms with Crippen molar-refractivity contribution in [2.75, 3.05) is 12.3 Å². The van der Waals surface area contributed by atoms with Gasteiger partial charge in [-0.3, -0.25) is 14.9 Å². The lowest BCUT2D eigenvalue weighted by Gasteiger charge is -1.99. The van der Waals surface area contributed by atoms with E-state index in [0.717, 1.165) is 6.07 Å². The molecule has 100 valence electrons. The molecular formula is C11H10ClN3O4. The van der Waals surface area contributed by atoms with Crippen LogP contribution in [-0.2, 0) is 9.53 Å². The highest BCUT2D eigenvalue weighted by Gasteiger charge is 2.16. The van der Waals surface area contributed by atoms with Crippen LogP contribution in [0.2, 0.25) is 5.15 Å². The zero-order valence-corrected chi connectivity index (χ0v) is 10.7. The van der Waals surface area contributed by atoms with E-state index in [1.165, 1.54) is 0 Å². The number of hydrogen-bond donors (Lipinski definition) is 1. The molecule has 0 aromatic carbocycles. The molecule has 0 bridgehead atoms. The smallest absolute Gasteiger partial charge is 0.317 e. The Morgan fingerprint density at radius 1 is 1.68 bits per heavy atom. The number of nitrogens with two attached hydrogens (primary N) is 1. The van der Waals surface area contributed by atoms with Gasteiger partial charge in [0.2, 0.25) is 5.82 Å². The number of ether oxygens (including phenoxy) is 1. The maximum atomic E-state index is 11.0. The van der Waals surface area contributed by atoms with E-state index in [1.54, 1.807) is 6.92 Å². The lowest BCUT2D eigenvalue weighted by Crippen LogP contribution is -2.02. The Hall–Kier alpha value is -2.33. The molecule has 19 heavy (non-hydrogen) atoms. The van der Waals surface area contributed by atoms with Crippen molar-refractivity contribution in [2.24, 2.45) is 0 Å². The van der Waals surface area contributed by atoms with E-state index >= 15 is 0 Å². The molecule has 1 heterocycles. The summed E-state index contributed by atoms with van der Waals surface area (Å²) in [6.45, 7) is 1.94. The van der Waals surface area contributed by atoms with Gasteiger partial charge < -0.3 is 10.5 Å². The van der Waals surface area contributed by atoms with Gasteiger partial charge in [-0.1, -0.05) is 23.4 Å². The molecule has 7 nitrogen and oxygen atoms in total. The molecule has 0 aliphatic rings. The highest BCUT2D eigenvalue weighted by molar-refractivity contribution is 6.30. The Kier molecular flexibility index (Phi) is 5.09. The fourth-order valence-corrected chi connectivity index (χ4v) is 1.34. The molecule has 0 radical (unpaired) electrons. The van der Waals surface area contributed by atoms with E-state index in [0.29, 0.717) is 0 Å². The molecule has 0 atom stereocenters. The van der Waals surface area contributed by atoms with Crippen LogP contribution in [0.25, 0.3) is 0 Å². The van der Waals surface area contributed by atoms with Crippen LogP contribution in [0.1, 0.15) is 18.9 Å². The van der Waals surface area contributed by atoms with Crippen LogP contribution in [0.4, 0.5) is 11.5 Å². The first-order chi connectivity index (χ1) is 8.95. The third kappa shape index (κ3) is 4.12. The third-order valence-corrected chi connectivity index (χ3v) is 2.23. The fraction of sp³-hybridized carbons (Fsp3) is 0.273. The second-order valence-corrected chi connectivity index (χ2v) is 3.63. The van der Waals surface area contributed by atoms with Crippen molar-refractivity contribution in [3.8, 4) is 11.8 Å². The number of rotatable bonds is 3. The van der Waals surface area contributed by atoms with Crippen LogP contribution in [0.3, 0.4) is 0 Å². The first kappa shape index (κ1) is 14.7. The number of carbonyl (C=O) groups excluding carboxylic acids is 1. The van der Waals surface area contributed by atoms with Crippen molar-refractivity contribution in [1.82, 2.24) is 4.98 Å². The molecule has 1 aromatic rings. The topological polar surface area (TPSA) is 108 Å². The van der Waals surface area contributed by atoms with Gasteiger partial charge in [-0.25, -0.2) is 4.98 Å². The first-order valence-electron chi connectivity index (χ1n) is 5.20. The number of aromatic nitrogens is 1. The molecule has 0 unspecified atom stereocenters. The van der Waals surface area contributed by atoms with Gasteiger partial charge in [0.15, 0.2) is 0 Å². The maximum absolute atomic E-state index is 11.0. The van der Waals surface area contributed by atoms with Gasteiger partial charge in [-0.2, -0.15) is 0 Å². The van der Waals surface area contributed by atoms with Crippen molar-refractivity contribution in [1.29, 1.82) is 0 Å².